The van der Waals surface area contributed by atoms with Crippen molar-refractivity contribution >= 4 is 45.3 Å². The number of rotatable bonds is 9. The van der Waals surface area contributed by atoms with Crippen LogP contribution in [-0.2, 0) is 13.0 Å². The number of aliphatic imine (C=N–C) groups is 1. The van der Waals surface area contributed by atoms with E-state index in [0.717, 1.165) is 35.4 Å². The molecule has 0 amide bonds. The smallest absolute Gasteiger partial charge is 0.0671 e. The van der Waals surface area contributed by atoms with Crippen molar-refractivity contribution in [2.45, 2.75) is 25.4 Å². The zero-order valence-corrected chi connectivity index (χ0v) is 39.9. The largest absolute Gasteiger partial charge is 0.398 e. The third-order valence-corrected chi connectivity index (χ3v) is 14.9. The summed E-state index contributed by atoms with van der Waals surface area (Å²) in [6.07, 6.45) is 22.8. The van der Waals surface area contributed by atoms with E-state index in [0.29, 0.717) is 12.2 Å². The molecule has 1 aromatic heterocycles. The van der Waals surface area contributed by atoms with Crippen molar-refractivity contribution in [2.75, 3.05) is 4.90 Å². The molecule has 344 valence electrons. The number of para-hydroxylation sites is 4. The molecule has 4 nitrogen and oxygen atoms in total. The molecule has 3 aliphatic carbocycles. The van der Waals surface area contributed by atoms with Crippen LogP contribution in [0, 0.1) is 5.92 Å². The van der Waals surface area contributed by atoms with Crippen molar-refractivity contribution in [1.82, 2.24) is 4.57 Å². The maximum Gasteiger partial charge on any atom is 0.0671 e. The molecule has 0 radical (unpaired) electrons. The highest BCUT2D eigenvalue weighted by Crippen LogP contribution is 2.55. The average molecular weight is 925 g/mol. The summed E-state index contributed by atoms with van der Waals surface area (Å²) in [7, 11) is 0. The van der Waals surface area contributed by atoms with E-state index in [1.54, 1.807) is 0 Å². The Balaban J connectivity index is 0.926. The minimum absolute atomic E-state index is 0.0136. The Kier molecular flexibility index (Phi) is 11.0. The molecule has 0 spiro atoms. The maximum atomic E-state index is 6.71. The second-order valence-electron chi connectivity index (χ2n) is 19.0. The van der Waals surface area contributed by atoms with Crippen LogP contribution in [0.3, 0.4) is 0 Å². The number of fused-ring (bicyclic) bond motifs is 9. The predicted molar refractivity (Wildman–Crippen MR) is 302 cm³/mol. The fourth-order valence-electron chi connectivity index (χ4n) is 11.7. The minimum atomic E-state index is -0.0136. The lowest BCUT2D eigenvalue weighted by molar-refractivity contribution is 0.643. The third-order valence-electron chi connectivity index (χ3n) is 14.9. The lowest BCUT2D eigenvalue weighted by Gasteiger charge is -2.41. The van der Waals surface area contributed by atoms with E-state index in [-0.39, 0.29) is 12.0 Å². The van der Waals surface area contributed by atoms with Crippen LogP contribution in [-0.4, -0.2) is 16.3 Å². The number of aromatic nitrogens is 1. The Morgan fingerprint density at radius 1 is 0.569 bits per heavy atom. The first kappa shape index (κ1) is 43.1. The van der Waals surface area contributed by atoms with Gasteiger partial charge in [-0.15, -0.1) is 0 Å². The molecule has 0 saturated carbocycles. The normalized spacial score (nSPS) is 16.8. The highest BCUT2D eigenvalue weighted by molar-refractivity contribution is 6.13. The number of hydrogen-bond donors (Lipinski definition) is 1. The molecule has 2 atom stereocenters. The number of anilines is 2. The van der Waals surface area contributed by atoms with Gasteiger partial charge >= 0.3 is 0 Å². The summed E-state index contributed by atoms with van der Waals surface area (Å²) in [5.41, 5.74) is 30.1. The van der Waals surface area contributed by atoms with E-state index in [1.165, 1.54) is 89.2 Å². The molecule has 9 aromatic rings. The van der Waals surface area contributed by atoms with Crippen molar-refractivity contribution < 1.29 is 0 Å². The van der Waals surface area contributed by atoms with Crippen LogP contribution < -0.4 is 10.6 Å². The van der Waals surface area contributed by atoms with E-state index in [1.807, 2.05) is 42.5 Å². The van der Waals surface area contributed by atoms with Gasteiger partial charge in [0.2, 0.25) is 0 Å². The quantitative estimate of drug-likeness (QED) is 0.147. The van der Waals surface area contributed by atoms with Crippen LogP contribution in [0.25, 0.3) is 67.4 Å². The molecule has 13 rings (SSSR count). The van der Waals surface area contributed by atoms with Gasteiger partial charge in [-0.25, -0.2) is 0 Å². The Bertz CT molecular complexity index is 3790. The minimum Gasteiger partial charge on any atom is -0.398 e. The average Bonchev–Trinajstić information content (AvgIpc) is 3.73. The zero-order valence-electron chi connectivity index (χ0n) is 39.9. The standard InChI is InChI=1S/C68H52N4/c69-60(47-24-6-2-7-25-47)44-61(48-26-8-3-9-27-48)70-45-49-40-41-54(52-30-11-10-28-50(49)52)55-42-43-66(56-32-13-12-31-53(55)56)71-63-37-19-15-33-57(63)67-58-34-16-20-38-64(58)72(68(67)59-35-17-21-39-65(59)71)62-36-18-14-29-51(62)46-22-4-1-5-23-46/h1-9,11-27,29-44,56,66H,10,28,45,69H2. The molecular weight excluding hydrogens is 873 g/mol. The van der Waals surface area contributed by atoms with Crippen molar-refractivity contribution in [3.8, 4) is 39.2 Å². The van der Waals surface area contributed by atoms with E-state index >= 15 is 0 Å². The van der Waals surface area contributed by atoms with Crippen molar-refractivity contribution in [3.05, 3.63) is 288 Å². The summed E-state index contributed by atoms with van der Waals surface area (Å²) in [4.78, 5) is 7.94. The van der Waals surface area contributed by atoms with E-state index in [9.17, 15) is 0 Å². The first-order chi connectivity index (χ1) is 35.7. The van der Waals surface area contributed by atoms with Gasteiger partial charge in [0.15, 0.2) is 0 Å². The molecule has 1 aliphatic heterocycles. The van der Waals surface area contributed by atoms with Gasteiger partial charge in [0, 0.05) is 44.9 Å². The van der Waals surface area contributed by atoms with Gasteiger partial charge in [0.1, 0.15) is 0 Å². The molecule has 2 unspecified atom stereocenters. The second-order valence-corrected chi connectivity index (χ2v) is 19.0. The van der Waals surface area contributed by atoms with Gasteiger partial charge in [0.25, 0.3) is 0 Å². The summed E-state index contributed by atoms with van der Waals surface area (Å²) >= 11 is 0. The van der Waals surface area contributed by atoms with Crippen molar-refractivity contribution in [3.63, 3.8) is 0 Å². The number of nitrogens with two attached hydrogens (primary N) is 1. The summed E-state index contributed by atoms with van der Waals surface area (Å²) in [6.45, 7) is 0.555. The Morgan fingerprint density at radius 2 is 1.22 bits per heavy atom. The summed E-state index contributed by atoms with van der Waals surface area (Å²) in [6, 6.07) is 71.9. The Hall–Kier alpha value is -8.99. The number of nitrogens with zero attached hydrogens (tertiary/aromatic N) is 3. The summed E-state index contributed by atoms with van der Waals surface area (Å²) in [5, 5.41) is 1.23. The molecule has 0 bridgehead atoms. The Labute approximate surface area is 421 Å². The van der Waals surface area contributed by atoms with Gasteiger partial charge in [-0.05, 0) is 93.3 Å². The van der Waals surface area contributed by atoms with Crippen molar-refractivity contribution in [1.29, 1.82) is 0 Å². The van der Waals surface area contributed by atoms with Crippen LogP contribution >= 0.6 is 0 Å². The van der Waals surface area contributed by atoms with Crippen molar-refractivity contribution in [2.24, 2.45) is 16.6 Å². The van der Waals surface area contributed by atoms with Gasteiger partial charge in [-0.2, -0.15) is 0 Å². The molecule has 0 fully saturated rings. The lowest BCUT2D eigenvalue weighted by Crippen LogP contribution is -2.38. The number of benzene rings is 8. The highest BCUT2D eigenvalue weighted by atomic mass is 15.2. The van der Waals surface area contributed by atoms with Crippen LogP contribution in [0.15, 0.2) is 259 Å². The van der Waals surface area contributed by atoms with Crippen LogP contribution in [0.5, 0.6) is 0 Å². The first-order valence-corrected chi connectivity index (χ1v) is 25.2. The monoisotopic (exact) mass is 924 g/mol. The maximum absolute atomic E-state index is 6.71. The Morgan fingerprint density at radius 3 is 2.01 bits per heavy atom. The molecule has 4 heteroatoms. The highest BCUT2D eigenvalue weighted by Gasteiger charge is 2.38. The van der Waals surface area contributed by atoms with E-state index < -0.39 is 0 Å². The molecule has 2 heterocycles. The van der Waals surface area contributed by atoms with Gasteiger partial charge < -0.3 is 15.2 Å². The van der Waals surface area contributed by atoms with Crippen LogP contribution in [0.1, 0.15) is 39.8 Å². The third kappa shape index (κ3) is 7.43. The van der Waals surface area contributed by atoms with E-state index in [4.69, 9.17) is 10.7 Å². The molecule has 2 N–H and O–H groups in total. The summed E-state index contributed by atoms with van der Waals surface area (Å²) < 4.78 is 2.53. The fourth-order valence-corrected chi connectivity index (χ4v) is 11.7. The van der Waals surface area contributed by atoms with Crippen LogP contribution in [0.4, 0.5) is 11.4 Å². The second kappa shape index (κ2) is 18.4. The predicted octanol–water partition coefficient (Wildman–Crippen LogP) is 16.2. The SMILES string of the molecule is NC(=CC(=NCc1ccc(C2=C3C=CC=CC3C(N3c4ccccc4-c4c(n(-c5ccccc5-c5ccccc5)c5ccccc45)-c4ccccc43)C=C2)c2c1CCC=C2)c1ccccc1)c1ccccc1. The molecule has 4 aliphatic rings. The molecular formula is C68H52N4. The van der Waals surface area contributed by atoms with E-state index in [2.05, 4.69) is 222 Å². The molecule has 8 aromatic carbocycles. The first-order valence-electron chi connectivity index (χ1n) is 25.2. The topological polar surface area (TPSA) is 46.5 Å². The number of hydrogen-bond acceptors (Lipinski definition) is 3. The molecule has 72 heavy (non-hydrogen) atoms. The van der Waals surface area contributed by atoms with Gasteiger partial charge in [-0.1, -0.05) is 225 Å². The summed E-state index contributed by atoms with van der Waals surface area (Å²) in [5.74, 6) is 0.0778. The zero-order chi connectivity index (χ0) is 48.0. The van der Waals surface area contributed by atoms with Gasteiger partial charge in [0.05, 0.1) is 40.9 Å². The molecule has 0 saturated heterocycles. The van der Waals surface area contributed by atoms with Crippen LogP contribution in [0.2, 0.25) is 0 Å². The fraction of sp³-hybridized carbons (Fsp3) is 0.0735. The lowest BCUT2D eigenvalue weighted by atomic mass is 9.76. The van der Waals surface area contributed by atoms with Gasteiger partial charge in [-0.3, -0.25) is 4.99 Å². The number of allylic oxidation sites excluding steroid dienone is 7.